The number of nitrogens with one attached hydrogen (secondary N) is 2. The van der Waals surface area contributed by atoms with Crippen LogP contribution < -0.4 is 16.4 Å². The molecular formula is C14H21N3O3. The van der Waals surface area contributed by atoms with Gasteiger partial charge in [-0.05, 0) is 37.5 Å². The molecule has 1 aromatic carbocycles. The molecular weight excluding hydrogens is 258 g/mol. The molecule has 0 spiro atoms. The van der Waals surface area contributed by atoms with Crippen molar-refractivity contribution in [2.45, 2.75) is 32.4 Å². The Bertz CT molecular complexity index is 445. The molecule has 0 saturated carbocycles. The second-order valence-electron chi connectivity index (χ2n) is 4.66. The Morgan fingerprint density at radius 3 is 2.50 bits per heavy atom. The number of rotatable bonds is 7. The molecule has 1 rings (SSSR count). The van der Waals surface area contributed by atoms with E-state index < -0.39 is 6.03 Å². The summed E-state index contributed by atoms with van der Waals surface area (Å²) in [4.78, 5) is 22.5. The molecule has 3 amide bonds. The van der Waals surface area contributed by atoms with Crippen molar-refractivity contribution in [3.05, 3.63) is 35.4 Å². The van der Waals surface area contributed by atoms with Crippen LogP contribution in [0.5, 0.6) is 0 Å². The van der Waals surface area contributed by atoms with Crippen LogP contribution in [0.25, 0.3) is 0 Å². The molecule has 0 aliphatic rings. The monoisotopic (exact) mass is 279 g/mol. The van der Waals surface area contributed by atoms with Crippen LogP contribution in [-0.4, -0.2) is 29.7 Å². The molecule has 1 aromatic rings. The smallest absolute Gasteiger partial charge is 0.312 e. The SMILES string of the molecule is CC(CCCO)NC(=O)c1ccc(CNC(N)=O)cc1. The number of hydrogen-bond donors (Lipinski definition) is 4. The van der Waals surface area contributed by atoms with Crippen LogP contribution in [0, 0.1) is 0 Å². The normalized spacial score (nSPS) is 11.7. The number of benzene rings is 1. The lowest BCUT2D eigenvalue weighted by Crippen LogP contribution is -2.32. The van der Waals surface area contributed by atoms with E-state index in [2.05, 4.69) is 10.6 Å². The molecule has 1 atom stereocenters. The molecule has 0 fully saturated rings. The lowest BCUT2D eigenvalue weighted by molar-refractivity contribution is 0.0936. The van der Waals surface area contributed by atoms with E-state index in [1.165, 1.54) is 0 Å². The van der Waals surface area contributed by atoms with E-state index in [0.29, 0.717) is 18.5 Å². The summed E-state index contributed by atoms with van der Waals surface area (Å²) in [6.07, 6.45) is 1.40. The van der Waals surface area contributed by atoms with Crippen LogP contribution in [-0.2, 0) is 6.54 Å². The van der Waals surface area contributed by atoms with Gasteiger partial charge in [-0.1, -0.05) is 12.1 Å². The van der Waals surface area contributed by atoms with Crippen molar-refractivity contribution < 1.29 is 14.7 Å². The predicted molar refractivity (Wildman–Crippen MR) is 76.1 cm³/mol. The standard InChI is InChI=1S/C14H21N3O3/c1-10(3-2-8-18)17-13(19)12-6-4-11(5-7-12)9-16-14(15)20/h4-7,10,18H,2-3,8-9H2,1H3,(H,17,19)(H3,15,16,20). The van der Waals surface area contributed by atoms with E-state index in [4.69, 9.17) is 10.8 Å². The zero-order valence-electron chi connectivity index (χ0n) is 11.6. The van der Waals surface area contributed by atoms with Crippen LogP contribution in [0.15, 0.2) is 24.3 Å². The minimum atomic E-state index is -0.579. The predicted octanol–water partition coefficient (Wildman–Crippen LogP) is 0.746. The van der Waals surface area contributed by atoms with E-state index in [0.717, 1.165) is 12.0 Å². The van der Waals surface area contributed by atoms with Gasteiger partial charge >= 0.3 is 6.03 Å². The first kappa shape index (κ1) is 16.0. The van der Waals surface area contributed by atoms with Gasteiger partial charge in [0, 0.05) is 24.8 Å². The molecule has 0 aliphatic heterocycles. The fraction of sp³-hybridized carbons (Fsp3) is 0.429. The van der Waals surface area contributed by atoms with Crippen molar-refractivity contribution in [3.63, 3.8) is 0 Å². The van der Waals surface area contributed by atoms with Gasteiger partial charge in [0.15, 0.2) is 0 Å². The topological polar surface area (TPSA) is 104 Å². The Labute approximate surface area is 118 Å². The van der Waals surface area contributed by atoms with Crippen LogP contribution in [0.2, 0.25) is 0 Å². The first-order valence-corrected chi connectivity index (χ1v) is 6.57. The Hall–Kier alpha value is -2.08. The maximum Gasteiger partial charge on any atom is 0.312 e. The summed E-state index contributed by atoms with van der Waals surface area (Å²) < 4.78 is 0. The van der Waals surface area contributed by atoms with Gasteiger partial charge < -0.3 is 21.5 Å². The number of urea groups is 1. The third kappa shape index (κ3) is 5.71. The molecule has 0 saturated heterocycles. The highest BCUT2D eigenvalue weighted by atomic mass is 16.3. The third-order valence-electron chi connectivity index (χ3n) is 2.86. The quantitative estimate of drug-likeness (QED) is 0.592. The Morgan fingerprint density at radius 2 is 1.95 bits per heavy atom. The molecule has 0 bridgehead atoms. The van der Waals surface area contributed by atoms with Crippen LogP contribution in [0.1, 0.15) is 35.7 Å². The molecule has 20 heavy (non-hydrogen) atoms. The van der Waals surface area contributed by atoms with Crippen molar-refractivity contribution in [1.82, 2.24) is 10.6 Å². The van der Waals surface area contributed by atoms with E-state index >= 15 is 0 Å². The zero-order chi connectivity index (χ0) is 15.0. The molecule has 0 aliphatic carbocycles. The Kier molecular flexibility index (Phi) is 6.52. The zero-order valence-corrected chi connectivity index (χ0v) is 11.6. The Morgan fingerprint density at radius 1 is 1.30 bits per heavy atom. The van der Waals surface area contributed by atoms with Crippen molar-refractivity contribution >= 4 is 11.9 Å². The van der Waals surface area contributed by atoms with E-state index in [1.807, 2.05) is 6.92 Å². The number of carbonyl (C=O) groups excluding carboxylic acids is 2. The van der Waals surface area contributed by atoms with Gasteiger partial charge in [0.1, 0.15) is 0 Å². The summed E-state index contributed by atoms with van der Waals surface area (Å²) >= 11 is 0. The van der Waals surface area contributed by atoms with Crippen LogP contribution in [0.3, 0.4) is 0 Å². The molecule has 0 radical (unpaired) electrons. The van der Waals surface area contributed by atoms with Crippen LogP contribution in [0.4, 0.5) is 4.79 Å². The van der Waals surface area contributed by atoms with Gasteiger partial charge in [-0.25, -0.2) is 4.79 Å². The lowest BCUT2D eigenvalue weighted by Gasteiger charge is -2.13. The van der Waals surface area contributed by atoms with Crippen molar-refractivity contribution in [2.75, 3.05) is 6.61 Å². The van der Waals surface area contributed by atoms with Gasteiger partial charge in [-0.3, -0.25) is 4.79 Å². The van der Waals surface area contributed by atoms with Gasteiger partial charge in [0.25, 0.3) is 5.91 Å². The molecule has 6 nitrogen and oxygen atoms in total. The van der Waals surface area contributed by atoms with Crippen molar-refractivity contribution in [1.29, 1.82) is 0 Å². The number of nitrogens with two attached hydrogens (primary N) is 1. The highest BCUT2D eigenvalue weighted by molar-refractivity contribution is 5.94. The number of amides is 3. The summed E-state index contributed by atoms with van der Waals surface area (Å²) in [5.41, 5.74) is 6.41. The van der Waals surface area contributed by atoms with Crippen molar-refractivity contribution in [3.8, 4) is 0 Å². The molecule has 1 unspecified atom stereocenters. The van der Waals surface area contributed by atoms with E-state index in [1.54, 1.807) is 24.3 Å². The van der Waals surface area contributed by atoms with Gasteiger partial charge in [0.2, 0.25) is 0 Å². The van der Waals surface area contributed by atoms with E-state index in [9.17, 15) is 9.59 Å². The molecule has 6 heteroatoms. The van der Waals surface area contributed by atoms with E-state index in [-0.39, 0.29) is 18.6 Å². The summed E-state index contributed by atoms with van der Waals surface area (Å²) in [6, 6.07) is 6.38. The van der Waals surface area contributed by atoms with Gasteiger partial charge in [-0.15, -0.1) is 0 Å². The van der Waals surface area contributed by atoms with Gasteiger partial charge in [0.05, 0.1) is 0 Å². The second-order valence-corrected chi connectivity index (χ2v) is 4.66. The fourth-order valence-corrected chi connectivity index (χ4v) is 1.74. The van der Waals surface area contributed by atoms with Crippen molar-refractivity contribution in [2.24, 2.45) is 5.73 Å². The molecule has 0 aromatic heterocycles. The summed E-state index contributed by atoms with van der Waals surface area (Å²) in [6.45, 7) is 2.37. The minimum Gasteiger partial charge on any atom is -0.396 e. The maximum atomic E-state index is 11.9. The molecule has 5 N–H and O–H groups in total. The highest BCUT2D eigenvalue weighted by Crippen LogP contribution is 2.05. The van der Waals surface area contributed by atoms with Crippen LogP contribution >= 0.6 is 0 Å². The first-order chi connectivity index (χ1) is 9.52. The number of aliphatic hydroxyl groups is 1. The summed E-state index contributed by atoms with van der Waals surface area (Å²) in [5, 5.41) is 14.1. The Balaban J connectivity index is 2.50. The first-order valence-electron chi connectivity index (χ1n) is 6.57. The minimum absolute atomic E-state index is 0.0193. The third-order valence-corrected chi connectivity index (χ3v) is 2.86. The number of carbonyl (C=O) groups is 2. The lowest BCUT2D eigenvalue weighted by atomic mass is 10.1. The largest absolute Gasteiger partial charge is 0.396 e. The molecule has 110 valence electrons. The van der Waals surface area contributed by atoms with Gasteiger partial charge in [-0.2, -0.15) is 0 Å². The fourth-order valence-electron chi connectivity index (χ4n) is 1.74. The number of aliphatic hydroxyl groups excluding tert-OH is 1. The second kappa shape index (κ2) is 8.16. The summed E-state index contributed by atoms with van der Waals surface area (Å²) in [5.74, 6) is -0.148. The highest BCUT2D eigenvalue weighted by Gasteiger charge is 2.09. The maximum absolute atomic E-state index is 11.9. The average molecular weight is 279 g/mol. The average Bonchev–Trinajstić information content (AvgIpc) is 2.43. The number of primary amides is 1. The summed E-state index contributed by atoms with van der Waals surface area (Å²) in [7, 11) is 0. The number of hydrogen-bond acceptors (Lipinski definition) is 3. The molecule has 0 heterocycles.